The van der Waals surface area contributed by atoms with Crippen molar-refractivity contribution in [1.29, 1.82) is 0 Å². The first-order chi connectivity index (χ1) is 15.1. The van der Waals surface area contributed by atoms with Gasteiger partial charge in [-0.05, 0) is 35.0 Å². The van der Waals surface area contributed by atoms with E-state index in [4.69, 9.17) is 32.8 Å². The molecule has 0 saturated heterocycles. The van der Waals surface area contributed by atoms with Gasteiger partial charge in [-0.15, -0.1) is 0 Å². The van der Waals surface area contributed by atoms with Crippen LogP contribution in [0, 0.1) is 5.82 Å². The second kappa shape index (κ2) is 7.95. The molecule has 0 radical (unpaired) electrons. The van der Waals surface area contributed by atoms with Gasteiger partial charge in [0.15, 0.2) is 5.82 Å². The monoisotopic (exact) mass is 485 g/mol. The van der Waals surface area contributed by atoms with E-state index in [2.05, 4.69) is 5.48 Å². The second-order valence-corrected chi connectivity index (χ2v) is 7.76. The number of carbonyl (C=O) groups is 1. The largest absolute Gasteiger partial charge is 0.465 e. The highest BCUT2D eigenvalue weighted by Gasteiger charge is 2.60. The van der Waals surface area contributed by atoms with Gasteiger partial charge in [-0.25, -0.2) is 9.18 Å². The molecule has 0 amide bonds. The van der Waals surface area contributed by atoms with E-state index in [0.29, 0.717) is 16.3 Å². The highest BCUT2D eigenvalue weighted by Crippen LogP contribution is 2.49. The third-order valence-electron chi connectivity index (χ3n) is 5.12. The normalized spacial score (nSPS) is 18.4. The number of rotatable bonds is 3. The Kier molecular flexibility index (Phi) is 5.56. The fourth-order valence-corrected chi connectivity index (χ4v) is 4.05. The quantitative estimate of drug-likeness (QED) is 0.264. The average molecular weight is 486 g/mol. The van der Waals surface area contributed by atoms with Crippen LogP contribution in [0.2, 0.25) is 10.0 Å². The Morgan fingerprint density at radius 2 is 1.69 bits per heavy atom. The molecule has 4 rings (SSSR count). The Morgan fingerprint density at radius 3 is 2.28 bits per heavy atom. The van der Waals surface area contributed by atoms with Crippen LogP contribution in [0.15, 0.2) is 54.6 Å². The summed E-state index contributed by atoms with van der Waals surface area (Å²) in [5.74, 6) is -1.62. The lowest BCUT2D eigenvalue weighted by atomic mass is 9.90. The van der Waals surface area contributed by atoms with Crippen LogP contribution < -0.4 is 5.48 Å². The van der Waals surface area contributed by atoms with Gasteiger partial charge < -0.3 is 4.74 Å². The minimum absolute atomic E-state index is 0.00786. The highest BCUT2D eigenvalue weighted by atomic mass is 35.5. The summed E-state index contributed by atoms with van der Waals surface area (Å²) in [7, 11) is 1.23. The number of esters is 1. The molecule has 1 heterocycles. The number of benzene rings is 3. The van der Waals surface area contributed by atoms with Crippen LogP contribution in [0.4, 0.5) is 17.6 Å². The molecule has 1 aliphatic rings. The fraction of sp³-hybridized carbons (Fsp3) is 0.136. The van der Waals surface area contributed by atoms with E-state index in [1.54, 1.807) is 24.3 Å². The maximum Gasteiger partial charge on any atom is 0.428 e. The average Bonchev–Trinajstić information content (AvgIpc) is 3.22. The number of hydroxylamine groups is 1. The van der Waals surface area contributed by atoms with E-state index < -0.39 is 39.2 Å². The van der Waals surface area contributed by atoms with Crippen LogP contribution >= 0.6 is 23.2 Å². The number of hydrogen-bond donors (Lipinski definition) is 1. The summed E-state index contributed by atoms with van der Waals surface area (Å²) >= 11 is 11.5. The molecule has 32 heavy (non-hydrogen) atoms. The van der Waals surface area contributed by atoms with Crippen LogP contribution in [0.5, 0.6) is 0 Å². The van der Waals surface area contributed by atoms with Gasteiger partial charge >= 0.3 is 12.1 Å². The van der Waals surface area contributed by atoms with Crippen LogP contribution in [0.3, 0.4) is 0 Å². The molecule has 1 N–H and O–H groups in total. The van der Waals surface area contributed by atoms with Crippen molar-refractivity contribution in [2.24, 2.45) is 0 Å². The Morgan fingerprint density at radius 1 is 1.06 bits per heavy atom. The van der Waals surface area contributed by atoms with Gasteiger partial charge in [0.25, 0.3) is 0 Å². The first-order valence-corrected chi connectivity index (χ1v) is 9.83. The van der Waals surface area contributed by atoms with Crippen LogP contribution in [0.1, 0.15) is 21.5 Å². The summed E-state index contributed by atoms with van der Waals surface area (Å²) < 4.78 is 61.3. The highest BCUT2D eigenvalue weighted by molar-refractivity contribution is 6.35. The molecule has 3 aromatic rings. The SMILES string of the molecule is COC(=O)c1ccc(C2=CC(c3cc(Cl)c(F)c(Cl)c3)(C(F)(F)F)ON2)c2ccccc12. The molecule has 0 bridgehead atoms. The minimum Gasteiger partial charge on any atom is -0.465 e. The molecule has 0 aliphatic carbocycles. The van der Waals surface area contributed by atoms with E-state index in [1.165, 1.54) is 19.2 Å². The van der Waals surface area contributed by atoms with E-state index in [-0.39, 0.29) is 11.3 Å². The Hall–Kier alpha value is -2.81. The van der Waals surface area contributed by atoms with Gasteiger partial charge in [-0.1, -0.05) is 53.5 Å². The summed E-state index contributed by atoms with van der Waals surface area (Å²) in [4.78, 5) is 17.1. The zero-order valence-electron chi connectivity index (χ0n) is 16.2. The van der Waals surface area contributed by atoms with Gasteiger partial charge in [-0.2, -0.15) is 13.2 Å². The van der Waals surface area contributed by atoms with Crippen molar-refractivity contribution in [2.45, 2.75) is 11.8 Å². The molecular weight excluding hydrogens is 473 g/mol. The Bertz CT molecular complexity index is 1250. The number of alkyl halides is 3. The summed E-state index contributed by atoms with van der Waals surface area (Å²) in [5.41, 5.74) is -0.566. The Balaban J connectivity index is 1.93. The zero-order chi connectivity index (χ0) is 23.3. The molecule has 1 unspecified atom stereocenters. The summed E-state index contributed by atoms with van der Waals surface area (Å²) in [5, 5.41) is -0.174. The fourth-order valence-electron chi connectivity index (χ4n) is 3.57. The Labute approximate surface area is 189 Å². The lowest BCUT2D eigenvalue weighted by molar-refractivity contribution is -0.269. The first-order valence-electron chi connectivity index (χ1n) is 9.08. The summed E-state index contributed by atoms with van der Waals surface area (Å²) in [6, 6.07) is 11.2. The second-order valence-electron chi connectivity index (χ2n) is 6.95. The smallest absolute Gasteiger partial charge is 0.428 e. The predicted octanol–water partition coefficient (Wildman–Crippen LogP) is 6.41. The lowest BCUT2D eigenvalue weighted by Crippen LogP contribution is -2.42. The molecule has 4 nitrogen and oxygen atoms in total. The maximum atomic E-state index is 14.2. The van der Waals surface area contributed by atoms with Crippen molar-refractivity contribution in [2.75, 3.05) is 7.11 Å². The molecule has 0 spiro atoms. The van der Waals surface area contributed by atoms with Gasteiger partial charge in [-0.3, -0.25) is 10.3 Å². The van der Waals surface area contributed by atoms with E-state index in [1.807, 2.05) is 0 Å². The number of methoxy groups -OCH3 is 1. The molecule has 0 aromatic heterocycles. The van der Waals surface area contributed by atoms with Gasteiger partial charge in [0.05, 0.1) is 28.4 Å². The van der Waals surface area contributed by atoms with E-state index >= 15 is 0 Å². The summed E-state index contributed by atoms with van der Waals surface area (Å²) in [6.45, 7) is 0. The number of fused-ring (bicyclic) bond motifs is 1. The molecule has 3 aromatic carbocycles. The number of hydrogen-bond acceptors (Lipinski definition) is 4. The number of carbonyl (C=O) groups excluding carboxylic acids is 1. The van der Waals surface area contributed by atoms with Crippen molar-refractivity contribution in [3.05, 3.63) is 87.2 Å². The van der Waals surface area contributed by atoms with Crippen molar-refractivity contribution in [1.82, 2.24) is 5.48 Å². The van der Waals surface area contributed by atoms with Gasteiger partial charge in [0.2, 0.25) is 5.60 Å². The molecular formula is C22H13Cl2F4NO3. The third kappa shape index (κ3) is 3.48. The van der Waals surface area contributed by atoms with Gasteiger partial charge in [0.1, 0.15) is 0 Å². The predicted molar refractivity (Wildman–Crippen MR) is 112 cm³/mol. The molecule has 1 aliphatic heterocycles. The zero-order valence-corrected chi connectivity index (χ0v) is 17.7. The number of halogens is 6. The lowest BCUT2D eigenvalue weighted by Gasteiger charge is -2.28. The van der Waals surface area contributed by atoms with Crippen molar-refractivity contribution < 1.29 is 31.9 Å². The van der Waals surface area contributed by atoms with Crippen molar-refractivity contribution in [3.63, 3.8) is 0 Å². The number of ether oxygens (including phenoxy) is 1. The van der Waals surface area contributed by atoms with E-state index in [9.17, 15) is 22.4 Å². The van der Waals surface area contributed by atoms with Crippen LogP contribution in [0.25, 0.3) is 16.5 Å². The minimum atomic E-state index is -4.95. The topological polar surface area (TPSA) is 47.6 Å². The van der Waals surface area contributed by atoms with Crippen molar-refractivity contribution in [3.8, 4) is 0 Å². The molecule has 1 atom stereocenters. The molecule has 0 saturated carbocycles. The van der Waals surface area contributed by atoms with Crippen molar-refractivity contribution >= 4 is 45.6 Å². The standard InChI is InChI=1S/C22H13Cl2F4NO3/c1-31-20(30)15-7-6-14(12-4-2-3-5-13(12)15)18-10-21(32-29-18,22(26,27)28)11-8-16(23)19(25)17(24)9-11/h2-10,29H,1H3. The molecule has 0 fully saturated rings. The third-order valence-corrected chi connectivity index (χ3v) is 5.67. The van der Waals surface area contributed by atoms with E-state index in [0.717, 1.165) is 18.2 Å². The molecule has 10 heteroatoms. The first kappa shape index (κ1) is 22.4. The maximum absolute atomic E-state index is 14.2. The molecule has 166 valence electrons. The summed E-state index contributed by atoms with van der Waals surface area (Å²) in [6.07, 6.45) is -4.12. The number of nitrogens with one attached hydrogen (secondary N) is 1. The van der Waals surface area contributed by atoms with Crippen LogP contribution in [-0.4, -0.2) is 19.3 Å². The van der Waals surface area contributed by atoms with Crippen LogP contribution in [-0.2, 0) is 15.2 Å². The van der Waals surface area contributed by atoms with Gasteiger partial charge in [0, 0.05) is 11.1 Å².